The number of H-pyrrole nitrogens is 1. The number of carbonyl (C=O) groups excluding carboxylic acids is 1. The second-order valence-corrected chi connectivity index (χ2v) is 7.22. The highest BCUT2D eigenvalue weighted by atomic mass is 19.1. The first-order chi connectivity index (χ1) is 13.2. The summed E-state index contributed by atoms with van der Waals surface area (Å²) in [7, 11) is 0. The van der Waals surface area contributed by atoms with Gasteiger partial charge in [-0.05, 0) is 48.7 Å². The van der Waals surface area contributed by atoms with Gasteiger partial charge in [-0.15, -0.1) is 0 Å². The standard InChI is InChI=1S/C22H24FN3O/c23-17-11-9-15(10-12-17)22(27)26-21-8-4-3-7-20(21)25-14-16-13-24-19-6-2-1-5-18(16)19/h1-2,5-6,9-13,20-21,24-25H,3-4,7-8,14H2,(H,26,27)/t20-,21+/m0/s1. The number of halogens is 1. The molecule has 2 aromatic carbocycles. The van der Waals surface area contributed by atoms with Gasteiger partial charge in [0.2, 0.25) is 0 Å². The summed E-state index contributed by atoms with van der Waals surface area (Å²) in [5.41, 5.74) is 2.87. The van der Waals surface area contributed by atoms with Gasteiger partial charge >= 0.3 is 0 Å². The van der Waals surface area contributed by atoms with Crippen molar-refractivity contribution in [1.29, 1.82) is 0 Å². The molecule has 1 heterocycles. The van der Waals surface area contributed by atoms with Crippen LogP contribution in [-0.2, 0) is 6.54 Å². The zero-order valence-corrected chi connectivity index (χ0v) is 15.2. The van der Waals surface area contributed by atoms with Crippen molar-refractivity contribution in [3.05, 3.63) is 71.7 Å². The summed E-state index contributed by atoms with van der Waals surface area (Å²) in [6.45, 7) is 0.762. The lowest BCUT2D eigenvalue weighted by atomic mass is 9.90. The molecule has 3 N–H and O–H groups in total. The topological polar surface area (TPSA) is 56.9 Å². The van der Waals surface area contributed by atoms with Crippen molar-refractivity contribution in [2.45, 2.75) is 44.3 Å². The van der Waals surface area contributed by atoms with Crippen LogP contribution < -0.4 is 10.6 Å². The first kappa shape index (κ1) is 17.7. The van der Waals surface area contributed by atoms with Crippen LogP contribution in [0, 0.1) is 5.82 Å². The predicted octanol–water partition coefficient (Wildman–Crippen LogP) is 4.14. The second-order valence-electron chi connectivity index (χ2n) is 7.22. The largest absolute Gasteiger partial charge is 0.361 e. The smallest absolute Gasteiger partial charge is 0.251 e. The molecule has 0 unspecified atom stereocenters. The quantitative estimate of drug-likeness (QED) is 0.636. The Balaban J connectivity index is 1.41. The zero-order chi connectivity index (χ0) is 18.6. The summed E-state index contributed by atoms with van der Waals surface area (Å²) in [4.78, 5) is 15.8. The van der Waals surface area contributed by atoms with Crippen LogP contribution in [0.15, 0.2) is 54.7 Å². The number of nitrogens with one attached hydrogen (secondary N) is 3. The Bertz CT molecular complexity index is 919. The third-order valence-electron chi connectivity index (χ3n) is 5.42. The highest BCUT2D eigenvalue weighted by Crippen LogP contribution is 2.22. The normalized spacial score (nSPS) is 19.9. The molecule has 1 aliphatic carbocycles. The Morgan fingerprint density at radius 2 is 1.78 bits per heavy atom. The number of aromatic nitrogens is 1. The summed E-state index contributed by atoms with van der Waals surface area (Å²) >= 11 is 0. The van der Waals surface area contributed by atoms with E-state index in [9.17, 15) is 9.18 Å². The van der Waals surface area contributed by atoms with Crippen LogP contribution in [-0.4, -0.2) is 23.0 Å². The van der Waals surface area contributed by atoms with Gasteiger partial charge in [0.05, 0.1) is 0 Å². The molecule has 0 bridgehead atoms. The lowest BCUT2D eigenvalue weighted by Gasteiger charge is -2.33. The first-order valence-electron chi connectivity index (χ1n) is 9.55. The van der Waals surface area contributed by atoms with Crippen LogP contribution in [0.5, 0.6) is 0 Å². The van der Waals surface area contributed by atoms with E-state index in [1.165, 1.54) is 35.2 Å². The lowest BCUT2D eigenvalue weighted by molar-refractivity contribution is 0.0915. The molecule has 140 valence electrons. The minimum Gasteiger partial charge on any atom is -0.361 e. The second kappa shape index (κ2) is 7.92. The summed E-state index contributed by atoms with van der Waals surface area (Å²) in [5.74, 6) is -0.469. The minimum absolute atomic E-state index is 0.0847. The van der Waals surface area contributed by atoms with Crippen molar-refractivity contribution in [1.82, 2.24) is 15.6 Å². The molecular weight excluding hydrogens is 341 g/mol. The third kappa shape index (κ3) is 4.03. The van der Waals surface area contributed by atoms with Crippen LogP contribution in [0.2, 0.25) is 0 Å². The molecule has 27 heavy (non-hydrogen) atoms. The molecule has 4 rings (SSSR count). The first-order valence-corrected chi connectivity index (χ1v) is 9.55. The van der Waals surface area contributed by atoms with Gasteiger partial charge in [-0.3, -0.25) is 4.79 Å². The Labute approximate surface area is 158 Å². The molecule has 0 radical (unpaired) electrons. The molecule has 0 aliphatic heterocycles. The Morgan fingerprint density at radius 1 is 1.04 bits per heavy atom. The maximum atomic E-state index is 13.1. The molecule has 1 fully saturated rings. The Kier molecular flexibility index (Phi) is 5.21. The number of rotatable bonds is 5. The molecule has 3 aromatic rings. The average Bonchev–Trinajstić information content (AvgIpc) is 3.11. The summed E-state index contributed by atoms with van der Waals surface area (Å²) in [6, 6.07) is 14.3. The number of hydrogen-bond donors (Lipinski definition) is 3. The van der Waals surface area contributed by atoms with Crippen molar-refractivity contribution < 1.29 is 9.18 Å². The van der Waals surface area contributed by atoms with E-state index >= 15 is 0 Å². The maximum Gasteiger partial charge on any atom is 0.251 e. The van der Waals surface area contributed by atoms with Crippen molar-refractivity contribution in [3.63, 3.8) is 0 Å². The van der Waals surface area contributed by atoms with E-state index in [4.69, 9.17) is 0 Å². The summed E-state index contributed by atoms with van der Waals surface area (Å²) in [5, 5.41) is 8.01. The fourth-order valence-electron chi connectivity index (χ4n) is 3.92. The van der Waals surface area contributed by atoms with Gasteiger partial charge in [0, 0.05) is 41.3 Å². The number of amides is 1. The number of aromatic amines is 1. The van der Waals surface area contributed by atoms with Crippen LogP contribution in [0.4, 0.5) is 4.39 Å². The number of para-hydroxylation sites is 1. The van der Waals surface area contributed by atoms with Gasteiger partial charge in [-0.25, -0.2) is 4.39 Å². The number of benzene rings is 2. The molecule has 1 saturated carbocycles. The van der Waals surface area contributed by atoms with E-state index < -0.39 is 0 Å². The van der Waals surface area contributed by atoms with E-state index in [-0.39, 0.29) is 23.8 Å². The molecular formula is C22H24FN3O. The van der Waals surface area contributed by atoms with Crippen molar-refractivity contribution >= 4 is 16.8 Å². The monoisotopic (exact) mass is 365 g/mol. The number of fused-ring (bicyclic) bond motifs is 1. The molecule has 0 saturated heterocycles. The number of hydrogen-bond acceptors (Lipinski definition) is 2. The zero-order valence-electron chi connectivity index (χ0n) is 15.2. The summed E-state index contributed by atoms with van der Waals surface area (Å²) in [6.07, 6.45) is 6.32. The molecule has 4 nitrogen and oxygen atoms in total. The van der Waals surface area contributed by atoms with Gasteiger partial charge in [0.15, 0.2) is 0 Å². The van der Waals surface area contributed by atoms with E-state index in [0.717, 1.165) is 37.7 Å². The SMILES string of the molecule is O=C(N[C@@H]1CCCC[C@@H]1NCc1c[nH]c2ccccc12)c1ccc(F)cc1. The highest BCUT2D eigenvalue weighted by Gasteiger charge is 2.26. The maximum absolute atomic E-state index is 13.1. The van der Waals surface area contributed by atoms with E-state index in [1.54, 1.807) is 0 Å². The fraction of sp³-hybridized carbons (Fsp3) is 0.318. The van der Waals surface area contributed by atoms with Crippen molar-refractivity contribution in [2.24, 2.45) is 0 Å². The van der Waals surface area contributed by atoms with Gasteiger partial charge in [0.25, 0.3) is 5.91 Å². The van der Waals surface area contributed by atoms with Crippen molar-refractivity contribution in [3.8, 4) is 0 Å². The van der Waals surface area contributed by atoms with Crippen LogP contribution >= 0.6 is 0 Å². The van der Waals surface area contributed by atoms with Crippen LogP contribution in [0.25, 0.3) is 10.9 Å². The predicted molar refractivity (Wildman–Crippen MR) is 105 cm³/mol. The van der Waals surface area contributed by atoms with Gasteiger partial charge in [0.1, 0.15) is 5.82 Å². The molecule has 2 atom stereocenters. The van der Waals surface area contributed by atoms with E-state index in [1.807, 2.05) is 18.3 Å². The van der Waals surface area contributed by atoms with Crippen LogP contribution in [0.3, 0.4) is 0 Å². The Morgan fingerprint density at radius 3 is 2.59 bits per heavy atom. The molecule has 1 aromatic heterocycles. The van der Waals surface area contributed by atoms with Gasteiger partial charge in [-0.1, -0.05) is 31.0 Å². The van der Waals surface area contributed by atoms with E-state index in [0.29, 0.717) is 5.56 Å². The van der Waals surface area contributed by atoms with Gasteiger partial charge < -0.3 is 15.6 Å². The van der Waals surface area contributed by atoms with Crippen molar-refractivity contribution in [2.75, 3.05) is 0 Å². The fourth-order valence-corrected chi connectivity index (χ4v) is 3.92. The highest BCUT2D eigenvalue weighted by molar-refractivity contribution is 5.94. The molecule has 0 spiro atoms. The number of carbonyl (C=O) groups is 1. The molecule has 5 heteroatoms. The Hall–Kier alpha value is -2.66. The van der Waals surface area contributed by atoms with Gasteiger partial charge in [-0.2, -0.15) is 0 Å². The minimum atomic E-state index is -0.331. The van der Waals surface area contributed by atoms with Crippen LogP contribution in [0.1, 0.15) is 41.6 Å². The molecule has 1 aliphatic rings. The average molecular weight is 365 g/mol. The summed E-state index contributed by atoms with van der Waals surface area (Å²) < 4.78 is 13.1. The van der Waals surface area contributed by atoms with E-state index in [2.05, 4.69) is 27.8 Å². The molecule has 1 amide bonds. The lowest BCUT2D eigenvalue weighted by Crippen LogP contribution is -2.51. The third-order valence-corrected chi connectivity index (χ3v) is 5.42.